The van der Waals surface area contributed by atoms with Crippen LogP contribution in [-0.2, 0) is 21.4 Å². The maximum absolute atomic E-state index is 11.7. The predicted octanol–water partition coefficient (Wildman–Crippen LogP) is 4.17. The van der Waals surface area contributed by atoms with Crippen LogP contribution < -0.4 is 0 Å². The van der Waals surface area contributed by atoms with Gasteiger partial charge in [-0.05, 0) is 54.0 Å². The quantitative estimate of drug-likeness (QED) is 0.763. The van der Waals surface area contributed by atoms with Crippen LogP contribution in [0, 0.1) is 5.92 Å². The van der Waals surface area contributed by atoms with Gasteiger partial charge in [0.1, 0.15) is 5.75 Å². The van der Waals surface area contributed by atoms with Gasteiger partial charge in [0.15, 0.2) is 0 Å². The van der Waals surface area contributed by atoms with Crippen LogP contribution in [0.3, 0.4) is 0 Å². The third kappa shape index (κ3) is 4.39. The summed E-state index contributed by atoms with van der Waals surface area (Å²) in [4.78, 5) is 14.2. The average Bonchev–Trinajstić information content (AvgIpc) is 2.71. The molecule has 0 amide bonds. The standard InChI is InChI=1S/C24H31NO3/c1-18-22(16-19-8-5-4-6-9-19)25(14-12-23(27)28-3)15-13-24(18,2)20-10-7-11-21(26)17-20/h4-11,17-18,22,26H,12-16H2,1-3H3/t18-,22+,24+/m0/s1. The Hall–Kier alpha value is -2.33. The van der Waals surface area contributed by atoms with Gasteiger partial charge in [0.25, 0.3) is 0 Å². The van der Waals surface area contributed by atoms with E-state index in [1.165, 1.54) is 18.2 Å². The molecule has 0 saturated carbocycles. The van der Waals surface area contributed by atoms with E-state index in [2.05, 4.69) is 49.1 Å². The summed E-state index contributed by atoms with van der Waals surface area (Å²) in [7, 11) is 1.45. The van der Waals surface area contributed by atoms with Crippen LogP contribution in [0.4, 0.5) is 0 Å². The molecule has 4 nitrogen and oxygen atoms in total. The van der Waals surface area contributed by atoms with Crippen molar-refractivity contribution in [3.05, 3.63) is 65.7 Å². The number of methoxy groups -OCH3 is 1. The number of nitrogens with zero attached hydrogens (tertiary/aromatic N) is 1. The molecule has 1 heterocycles. The zero-order valence-electron chi connectivity index (χ0n) is 17.1. The zero-order chi connectivity index (χ0) is 20.1. The summed E-state index contributed by atoms with van der Waals surface area (Å²) < 4.78 is 4.85. The maximum Gasteiger partial charge on any atom is 0.306 e. The van der Waals surface area contributed by atoms with Gasteiger partial charge in [-0.15, -0.1) is 0 Å². The van der Waals surface area contributed by atoms with Gasteiger partial charge in [-0.25, -0.2) is 0 Å². The molecule has 4 heteroatoms. The van der Waals surface area contributed by atoms with E-state index < -0.39 is 0 Å². The Balaban J connectivity index is 1.87. The van der Waals surface area contributed by atoms with Crippen molar-refractivity contribution >= 4 is 5.97 Å². The number of hydrogen-bond donors (Lipinski definition) is 1. The number of rotatable bonds is 6. The summed E-state index contributed by atoms with van der Waals surface area (Å²) in [5.74, 6) is 0.520. The Kier molecular flexibility index (Phi) is 6.40. The van der Waals surface area contributed by atoms with Crippen LogP contribution in [0.5, 0.6) is 5.75 Å². The highest BCUT2D eigenvalue weighted by Gasteiger charge is 2.44. The number of ether oxygens (including phenoxy) is 1. The Bertz CT molecular complexity index is 791. The van der Waals surface area contributed by atoms with Gasteiger partial charge >= 0.3 is 5.97 Å². The lowest BCUT2D eigenvalue weighted by Crippen LogP contribution is -2.55. The molecule has 1 aliphatic rings. The molecule has 0 aliphatic carbocycles. The van der Waals surface area contributed by atoms with Crippen molar-refractivity contribution in [2.45, 2.75) is 44.6 Å². The molecule has 2 aromatic carbocycles. The fourth-order valence-corrected chi connectivity index (χ4v) is 4.55. The number of phenols is 1. The van der Waals surface area contributed by atoms with Crippen molar-refractivity contribution in [3.8, 4) is 5.75 Å². The van der Waals surface area contributed by atoms with E-state index in [4.69, 9.17) is 4.74 Å². The highest BCUT2D eigenvalue weighted by atomic mass is 16.5. The molecule has 0 aromatic heterocycles. The molecule has 2 aromatic rings. The molecule has 3 rings (SSSR count). The topological polar surface area (TPSA) is 49.8 Å². The minimum absolute atomic E-state index is 0.0278. The molecular weight excluding hydrogens is 350 g/mol. The molecule has 1 saturated heterocycles. The zero-order valence-corrected chi connectivity index (χ0v) is 17.1. The van der Waals surface area contributed by atoms with Crippen LogP contribution in [-0.4, -0.2) is 42.2 Å². The molecule has 1 N–H and O–H groups in total. The highest BCUT2D eigenvalue weighted by Crippen LogP contribution is 2.44. The second-order valence-electron chi connectivity index (χ2n) is 8.13. The van der Waals surface area contributed by atoms with Gasteiger partial charge in [0.05, 0.1) is 13.5 Å². The van der Waals surface area contributed by atoms with Crippen molar-refractivity contribution < 1.29 is 14.6 Å². The lowest BCUT2D eigenvalue weighted by Gasteiger charge is -2.51. The number of likely N-dealkylation sites (tertiary alicyclic amines) is 1. The first kappa shape index (κ1) is 20.4. The van der Waals surface area contributed by atoms with Gasteiger partial charge in [-0.3, -0.25) is 9.69 Å². The molecule has 3 atom stereocenters. The van der Waals surface area contributed by atoms with Crippen LogP contribution in [0.2, 0.25) is 0 Å². The SMILES string of the molecule is COC(=O)CCN1CC[C@@](C)(c2cccc(O)c2)[C@@H](C)[C@H]1Cc1ccccc1. The number of carbonyl (C=O) groups excluding carboxylic acids is 1. The van der Waals surface area contributed by atoms with Crippen molar-refractivity contribution in [1.82, 2.24) is 4.90 Å². The fourth-order valence-electron chi connectivity index (χ4n) is 4.55. The molecule has 1 aliphatic heterocycles. The number of carbonyl (C=O) groups is 1. The van der Waals surface area contributed by atoms with Crippen LogP contribution in [0.1, 0.15) is 37.8 Å². The van der Waals surface area contributed by atoms with Crippen molar-refractivity contribution in [2.24, 2.45) is 5.92 Å². The summed E-state index contributed by atoms with van der Waals surface area (Å²) in [6.07, 6.45) is 2.35. The average molecular weight is 382 g/mol. The Morgan fingerprint density at radius 2 is 1.96 bits per heavy atom. The second-order valence-corrected chi connectivity index (χ2v) is 8.13. The first-order valence-corrected chi connectivity index (χ1v) is 10.1. The third-order valence-corrected chi connectivity index (χ3v) is 6.59. The molecule has 150 valence electrons. The van der Waals surface area contributed by atoms with E-state index in [9.17, 15) is 9.90 Å². The normalized spacial score (nSPS) is 25.4. The molecule has 28 heavy (non-hydrogen) atoms. The number of aromatic hydroxyl groups is 1. The van der Waals surface area contributed by atoms with Crippen molar-refractivity contribution in [2.75, 3.05) is 20.2 Å². The highest BCUT2D eigenvalue weighted by molar-refractivity contribution is 5.69. The number of hydrogen-bond acceptors (Lipinski definition) is 4. The van der Waals surface area contributed by atoms with Gasteiger partial charge < -0.3 is 9.84 Å². The molecule has 1 fully saturated rings. The van der Waals surface area contributed by atoms with E-state index >= 15 is 0 Å². The number of benzene rings is 2. The molecular formula is C24H31NO3. The predicted molar refractivity (Wildman–Crippen MR) is 111 cm³/mol. The first-order valence-electron chi connectivity index (χ1n) is 10.1. The summed E-state index contributed by atoms with van der Waals surface area (Å²) in [5.41, 5.74) is 2.47. The third-order valence-electron chi connectivity index (χ3n) is 6.59. The number of phenolic OH excluding ortho intramolecular Hbond substituents is 1. The van der Waals surface area contributed by atoms with E-state index in [0.717, 1.165) is 19.4 Å². The monoisotopic (exact) mass is 381 g/mol. The number of esters is 1. The Morgan fingerprint density at radius 1 is 1.21 bits per heavy atom. The number of piperidine rings is 1. The minimum atomic E-state index is -0.160. The Morgan fingerprint density at radius 3 is 2.64 bits per heavy atom. The molecule has 0 radical (unpaired) electrons. The largest absolute Gasteiger partial charge is 0.508 e. The van der Waals surface area contributed by atoms with Gasteiger partial charge in [0, 0.05) is 12.6 Å². The van der Waals surface area contributed by atoms with E-state index in [-0.39, 0.29) is 11.4 Å². The van der Waals surface area contributed by atoms with Crippen LogP contribution >= 0.6 is 0 Å². The maximum atomic E-state index is 11.7. The van der Waals surface area contributed by atoms with E-state index in [1.54, 1.807) is 6.07 Å². The molecule has 0 spiro atoms. The van der Waals surface area contributed by atoms with Gasteiger partial charge in [0.2, 0.25) is 0 Å². The van der Waals surface area contributed by atoms with E-state index in [1.807, 2.05) is 18.2 Å². The summed E-state index contributed by atoms with van der Waals surface area (Å²) in [6.45, 7) is 6.25. The smallest absolute Gasteiger partial charge is 0.306 e. The lowest BCUT2D eigenvalue weighted by atomic mass is 9.64. The van der Waals surface area contributed by atoms with Gasteiger partial charge in [-0.1, -0.05) is 56.3 Å². The van der Waals surface area contributed by atoms with E-state index in [0.29, 0.717) is 30.7 Å². The minimum Gasteiger partial charge on any atom is -0.508 e. The van der Waals surface area contributed by atoms with Crippen molar-refractivity contribution in [3.63, 3.8) is 0 Å². The van der Waals surface area contributed by atoms with Crippen LogP contribution in [0.15, 0.2) is 54.6 Å². The summed E-state index contributed by atoms with van der Waals surface area (Å²) >= 11 is 0. The Labute approximate surface area is 168 Å². The lowest BCUT2D eigenvalue weighted by molar-refractivity contribution is -0.141. The second kappa shape index (κ2) is 8.78. The van der Waals surface area contributed by atoms with Crippen LogP contribution in [0.25, 0.3) is 0 Å². The summed E-state index contributed by atoms with van der Waals surface area (Å²) in [5, 5.41) is 10.0. The van der Waals surface area contributed by atoms with Crippen molar-refractivity contribution in [1.29, 1.82) is 0 Å². The molecule has 0 bridgehead atoms. The fraction of sp³-hybridized carbons (Fsp3) is 0.458. The molecule has 0 unspecified atom stereocenters. The first-order chi connectivity index (χ1) is 13.4. The van der Waals surface area contributed by atoms with Gasteiger partial charge in [-0.2, -0.15) is 0 Å². The summed E-state index contributed by atoms with van der Waals surface area (Å²) in [6, 6.07) is 18.5.